The van der Waals surface area contributed by atoms with Crippen LogP contribution in [-0.4, -0.2) is 52.4 Å². The van der Waals surface area contributed by atoms with Crippen LogP contribution in [0.15, 0.2) is 64.3 Å². The number of nitrogens with zero attached hydrogens (tertiary/aromatic N) is 1. The molecule has 10 heteroatoms. The Hall–Kier alpha value is -3.82. The highest BCUT2D eigenvalue weighted by Gasteiger charge is 2.36. The number of carboxylic acid groups (broad SMARTS) is 1. The number of fused-ring (bicyclic) bond motifs is 1. The summed E-state index contributed by atoms with van der Waals surface area (Å²) < 4.78 is 10.7. The van der Waals surface area contributed by atoms with E-state index in [-0.39, 0.29) is 30.4 Å². The molecule has 0 bridgehead atoms. The zero-order valence-electron chi connectivity index (χ0n) is 21.9. The summed E-state index contributed by atoms with van der Waals surface area (Å²) >= 11 is 7.27. The van der Waals surface area contributed by atoms with Crippen molar-refractivity contribution >= 4 is 65.7 Å². The Labute approximate surface area is 241 Å². The molecule has 2 aliphatic rings. The molecule has 8 nitrogen and oxygen atoms in total. The molecule has 0 saturated heterocycles. The van der Waals surface area contributed by atoms with E-state index in [0.717, 1.165) is 27.1 Å². The maximum atomic E-state index is 12.9. The van der Waals surface area contributed by atoms with Gasteiger partial charge in [0.2, 0.25) is 5.91 Å². The van der Waals surface area contributed by atoms with Gasteiger partial charge in [0.1, 0.15) is 17.7 Å². The largest absolute Gasteiger partial charge is 0.478 e. The number of benzene rings is 2. The third kappa shape index (κ3) is 7.43. The summed E-state index contributed by atoms with van der Waals surface area (Å²) in [6.07, 6.45) is 5.86. The zero-order valence-corrected chi connectivity index (χ0v) is 23.5. The molecule has 0 saturated carbocycles. The summed E-state index contributed by atoms with van der Waals surface area (Å²) in [6, 6.07) is 11.8. The number of amides is 1. The van der Waals surface area contributed by atoms with Crippen LogP contribution in [0.2, 0.25) is 0 Å². The molecule has 208 valence electrons. The summed E-state index contributed by atoms with van der Waals surface area (Å²) in [6.45, 7) is 6.48. The minimum Gasteiger partial charge on any atom is -0.478 e. The molecule has 40 heavy (non-hydrogen) atoms. The molecule has 0 spiro atoms. The van der Waals surface area contributed by atoms with E-state index >= 15 is 0 Å². The lowest BCUT2D eigenvalue weighted by molar-refractivity contribution is -0.147. The number of halogens is 1. The van der Waals surface area contributed by atoms with Crippen LogP contribution in [0.25, 0.3) is 18.7 Å². The van der Waals surface area contributed by atoms with Crippen molar-refractivity contribution in [3.05, 3.63) is 86.5 Å². The predicted octanol–water partition coefficient (Wildman–Crippen LogP) is 3.15. The number of carbonyl (C=O) groups is 3. The molecule has 1 amide bonds. The first-order valence-electron chi connectivity index (χ1n) is 12.7. The Morgan fingerprint density at radius 2 is 2.05 bits per heavy atom. The Morgan fingerprint density at radius 1 is 1.27 bits per heavy atom. The summed E-state index contributed by atoms with van der Waals surface area (Å²) in [7, 11) is 0. The van der Waals surface area contributed by atoms with Gasteiger partial charge >= 0.3 is 11.9 Å². The van der Waals surface area contributed by atoms with Crippen LogP contribution in [-0.2, 0) is 36.9 Å². The van der Waals surface area contributed by atoms with Crippen molar-refractivity contribution in [3.8, 4) is 0 Å². The second-order valence-electron chi connectivity index (χ2n) is 9.21. The average molecular weight is 581 g/mol. The van der Waals surface area contributed by atoms with Gasteiger partial charge in [-0.05, 0) is 62.9 Å². The van der Waals surface area contributed by atoms with Crippen LogP contribution in [0.5, 0.6) is 0 Å². The van der Waals surface area contributed by atoms with E-state index in [4.69, 9.17) is 21.1 Å². The van der Waals surface area contributed by atoms with Crippen molar-refractivity contribution in [1.82, 2.24) is 5.32 Å². The number of esters is 1. The topological polar surface area (TPSA) is 114 Å². The van der Waals surface area contributed by atoms with Gasteiger partial charge < -0.3 is 19.9 Å². The van der Waals surface area contributed by atoms with E-state index in [0.29, 0.717) is 23.8 Å². The molecular weight excluding hydrogens is 552 g/mol. The molecule has 2 N–H and O–H groups in total. The van der Waals surface area contributed by atoms with Gasteiger partial charge in [-0.15, -0.1) is 11.8 Å². The van der Waals surface area contributed by atoms with Crippen molar-refractivity contribution in [2.75, 3.05) is 12.4 Å². The smallest absolute Gasteiger partial charge is 0.354 e. The molecule has 0 fully saturated rings. The molecule has 2 atom stereocenters. The number of rotatable bonds is 9. The first-order chi connectivity index (χ1) is 19.2. The van der Waals surface area contributed by atoms with E-state index in [1.54, 1.807) is 18.2 Å². The third-order valence-corrected chi connectivity index (χ3v) is 7.60. The van der Waals surface area contributed by atoms with Crippen molar-refractivity contribution in [3.63, 3.8) is 0 Å². The van der Waals surface area contributed by atoms with Gasteiger partial charge in [0.15, 0.2) is 11.3 Å². The fourth-order valence-electron chi connectivity index (χ4n) is 4.17. The standard InChI is InChI=1S/C30H29ClN2O6S/c1-3-11-38-30(37)27(32-25(34)13-19-7-5-4-6-8-19)28-33-26(29(35)36)21(17-40-28)10-9-20-14-22-15-24(31)39-16-23(22)12-18(20)2/h4-10,12,14-15,27-28H,2-3,11,13,16-17H2,1H3,(H,32,34)(H,35,36)/b20-9-,21-10+. The van der Waals surface area contributed by atoms with E-state index in [1.165, 1.54) is 11.8 Å². The highest BCUT2D eigenvalue weighted by molar-refractivity contribution is 8.00. The molecule has 0 aliphatic carbocycles. The molecule has 4 rings (SSSR count). The Kier molecular flexibility index (Phi) is 9.84. The van der Waals surface area contributed by atoms with Crippen LogP contribution in [0, 0.1) is 0 Å². The van der Waals surface area contributed by atoms with Gasteiger partial charge in [-0.2, -0.15) is 0 Å². The van der Waals surface area contributed by atoms with E-state index < -0.39 is 23.4 Å². The number of aliphatic imine (C=N–C) groups is 1. The molecule has 0 aromatic heterocycles. The Balaban J connectivity index is 1.61. The van der Waals surface area contributed by atoms with Crippen molar-refractivity contribution in [2.24, 2.45) is 4.99 Å². The number of thioether (sulfide) groups is 1. The number of nitrogens with one attached hydrogen (secondary N) is 1. The molecule has 2 aliphatic heterocycles. The molecular formula is C30H29ClN2O6S. The first-order valence-corrected chi connectivity index (χ1v) is 14.1. The van der Waals surface area contributed by atoms with Crippen molar-refractivity contribution in [1.29, 1.82) is 0 Å². The summed E-state index contributed by atoms with van der Waals surface area (Å²) in [5, 5.41) is 13.6. The van der Waals surface area contributed by atoms with Crippen molar-refractivity contribution < 1.29 is 29.0 Å². The van der Waals surface area contributed by atoms with E-state index in [9.17, 15) is 19.5 Å². The maximum absolute atomic E-state index is 12.9. The number of ether oxygens (including phenoxy) is 2. The lowest BCUT2D eigenvalue weighted by atomic mass is 10.0. The number of aliphatic carboxylic acids is 1. The molecule has 2 aromatic rings. The Morgan fingerprint density at radius 3 is 2.77 bits per heavy atom. The van der Waals surface area contributed by atoms with Gasteiger partial charge in [0.25, 0.3) is 0 Å². The second kappa shape index (κ2) is 13.5. The maximum Gasteiger partial charge on any atom is 0.354 e. The van der Waals surface area contributed by atoms with Gasteiger partial charge in [0, 0.05) is 11.8 Å². The molecule has 2 heterocycles. The summed E-state index contributed by atoms with van der Waals surface area (Å²) in [4.78, 5) is 42.3. The van der Waals surface area contributed by atoms with Crippen LogP contribution in [0.1, 0.15) is 30.0 Å². The fourth-order valence-corrected chi connectivity index (χ4v) is 5.48. The van der Waals surface area contributed by atoms with Gasteiger partial charge in [0.05, 0.1) is 13.0 Å². The molecule has 2 aromatic carbocycles. The van der Waals surface area contributed by atoms with Crippen LogP contribution in [0.3, 0.4) is 0 Å². The molecule has 0 radical (unpaired) electrons. The number of hydrogen-bond acceptors (Lipinski definition) is 7. The van der Waals surface area contributed by atoms with Crippen LogP contribution >= 0.6 is 23.4 Å². The number of carbonyl (C=O) groups excluding carboxylic acids is 2. The van der Waals surface area contributed by atoms with Crippen LogP contribution < -0.4 is 15.8 Å². The highest BCUT2D eigenvalue weighted by Crippen LogP contribution is 2.27. The Bertz CT molecular complexity index is 1500. The monoisotopic (exact) mass is 580 g/mol. The minimum absolute atomic E-state index is 0.0616. The number of carboxylic acids is 1. The summed E-state index contributed by atoms with van der Waals surface area (Å²) in [5.41, 5.74) is 2.94. The number of allylic oxidation sites excluding steroid dienone is 1. The van der Waals surface area contributed by atoms with Gasteiger partial charge in [-0.3, -0.25) is 9.79 Å². The predicted molar refractivity (Wildman–Crippen MR) is 157 cm³/mol. The van der Waals surface area contributed by atoms with Gasteiger partial charge in [-0.1, -0.05) is 56.0 Å². The van der Waals surface area contributed by atoms with Gasteiger partial charge in [-0.25, -0.2) is 9.59 Å². The first kappa shape index (κ1) is 29.2. The normalized spacial score (nSPS) is 18.6. The average Bonchev–Trinajstić information content (AvgIpc) is 2.94. The summed E-state index contributed by atoms with van der Waals surface area (Å²) in [5.74, 6) is -2.01. The minimum atomic E-state index is -1.23. The second-order valence-corrected chi connectivity index (χ2v) is 10.7. The molecule has 2 unspecified atom stereocenters. The van der Waals surface area contributed by atoms with Crippen molar-refractivity contribution in [2.45, 2.75) is 37.8 Å². The number of hydrogen-bond donors (Lipinski definition) is 2. The highest BCUT2D eigenvalue weighted by atomic mass is 35.5. The third-order valence-electron chi connectivity index (χ3n) is 6.18. The lowest BCUT2D eigenvalue weighted by Crippen LogP contribution is -2.49. The SMILES string of the molecule is C=c1cc2c(c/c1=C/C=C1\CSC(C(NC(=O)Cc3ccccc3)C(=O)OCCC)N=C1C(=O)O)C=C(Cl)OC2. The van der Waals surface area contributed by atoms with Crippen LogP contribution in [0.4, 0.5) is 0 Å². The fraction of sp³-hybridized carbons (Fsp3) is 0.267. The lowest BCUT2D eigenvalue weighted by Gasteiger charge is -2.27. The van der Waals surface area contributed by atoms with E-state index in [1.807, 2.05) is 49.4 Å². The van der Waals surface area contributed by atoms with E-state index in [2.05, 4.69) is 16.9 Å². The quantitative estimate of drug-likeness (QED) is 0.438. The zero-order chi connectivity index (χ0) is 28.6.